The van der Waals surface area contributed by atoms with Crippen molar-refractivity contribution in [1.29, 1.82) is 0 Å². The molecule has 122 valence electrons. The molecule has 0 aromatic heterocycles. The minimum Gasteiger partial charge on any atom is -0.491 e. The van der Waals surface area contributed by atoms with E-state index in [1.54, 1.807) is 12.2 Å². The summed E-state index contributed by atoms with van der Waals surface area (Å²) in [6, 6.07) is 0. The van der Waals surface area contributed by atoms with Crippen LogP contribution < -0.4 is 0 Å². The van der Waals surface area contributed by atoms with E-state index in [2.05, 4.69) is 6.58 Å². The van der Waals surface area contributed by atoms with Crippen LogP contribution in [0.4, 0.5) is 0 Å². The molecule has 0 aromatic rings. The number of esters is 1. The second kappa shape index (κ2) is 10.4. The third-order valence-electron chi connectivity index (χ3n) is 3.14. The molecule has 0 saturated heterocycles. The number of carbonyl (C=O) groups is 1. The van der Waals surface area contributed by atoms with E-state index >= 15 is 0 Å². The predicted octanol–water partition coefficient (Wildman–Crippen LogP) is 2.45. The molecule has 1 N–H and O–H groups in total. The predicted molar refractivity (Wildman–Crippen MR) is 81.8 cm³/mol. The molecular weight excluding hydrogens is 272 g/mol. The highest BCUT2D eigenvalue weighted by Crippen LogP contribution is 2.21. The quantitative estimate of drug-likeness (QED) is 0.275. The summed E-state index contributed by atoms with van der Waals surface area (Å²) in [4.78, 5) is 11.7. The Balaban J connectivity index is 3.72. The molecule has 0 aliphatic rings. The number of rotatable bonds is 11. The average molecular weight is 300 g/mol. The van der Waals surface area contributed by atoms with Gasteiger partial charge in [-0.15, -0.1) is 0 Å². The van der Waals surface area contributed by atoms with Crippen LogP contribution in [0.1, 0.15) is 34.1 Å². The first-order valence-electron chi connectivity index (χ1n) is 7.22. The lowest BCUT2D eigenvalue weighted by molar-refractivity contribution is -0.156. The molecule has 0 aromatic carbocycles. The van der Waals surface area contributed by atoms with Crippen LogP contribution in [-0.4, -0.2) is 43.6 Å². The van der Waals surface area contributed by atoms with Gasteiger partial charge in [-0.25, -0.2) is 0 Å². The van der Waals surface area contributed by atoms with Gasteiger partial charge in [0, 0.05) is 0 Å². The minimum absolute atomic E-state index is 0.128. The van der Waals surface area contributed by atoms with Crippen LogP contribution in [0.2, 0.25) is 0 Å². The van der Waals surface area contributed by atoms with E-state index in [-0.39, 0.29) is 32.4 Å². The number of aliphatic hydroxyl groups excluding tert-OH is 1. The smallest absolute Gasteiger partial charge is 0.311 e. The third-order valence-corrected chi connectivity index (χ3v) is 3.14. The van der Waals surface area contributed by atoms with E-state index in [4.69, 9.17) is 14.2 Å². The molecule has 5 heteroatoms. The first-order chi connectivity index (χ1) is 9.87. The number of aliphatic hydroxyl groups is 1. The van der Waals surface area contributed by atoms with E-state index in [0.29, 0.717) is 5.76 Å². The molecule has 1 unspecified atom stereocenters. The lowest BCUT2D eigenvalue weighted by atomic mass is 9.91. The molecular formula is C16H28O5. The fourth-order valence-corrected chi connectivity index (χ4v) is 1.25. The van der Waals surface area contributed by atoms with Crippen LogP contribution in [-0.2, 0) is 19.0 Å². The van der Waals surface area contributed by atoms with Crippen molar-refractivity contribution < 1.29 is 24.1 Å². The molecule has 0 amide bonds. The molecule has 0 rings (SSSR count). The summed E-state index contributed by atoms with van der Waals surface area (Å²) in [6.45, 7) is 11.7. The normalized spacial score (nSPS) is 13.7. The third kappa shape index (κ3) is 8.52. The van der Waals surface area contributed by atoms with Gasteiger partial charge in [-0.1, -0.05) is 13.5 Å². The van der Waals surface area contributed by atoms with Crippen molar-refractivity contribution >= 4 is 5.97 Å². The van der Waals surface area contributed by atoms with Crippen LogP contribution in [0.25, 0.3) is 0 Å². The van der Waals surface area contributed by atoms with E-state index in [9.17, 15) is 9.90 Å². The van der Waals surface area contributed by atoms with Crippen molar-refractivity contribution in [3.8, 4) is 0 Å². The van der Waals surface area contributed by atoms with Crippen molar-refractivity contribution in [2.75, 3.05) is 26.4 Å². The molecule has 0 bridgehead atoms. The Kier molecular flexibility index (Phi) is 9.75. The monoisotopic (exact) mass is 300 g/mol. The maximum atomic E-state index is 11.7. The Morgan fingerprint density at radius 2 is 1.95 bits per heavy atom. The summed E-state index contributed by atoms with van der Waals surface area (Å²) in [5, 5.41) is 9.65. The van der Waals surface area contributed by atoms with Crippen LogP contribution in [0, 0.1) is 5.41 Å². The summed E-state index contributed by atoms with van der Waals surface area (Å²) in [7, 11) is 0. The highest BCUT2D eigenvalue weighted by molar-refractivity contribution is 5.75. The summed E-state index contributed by atoms with van der Waals surface area (Å²) in [5.74, 6) is 0.381. The van der Waals surface area contributed by atoms with Crippen LogP contribution in [0.15, 0.2) is 24.5 Å². The number of hydrogen-bond acceptors (Lipinski definition) is 5. The van der Waals surface area contributed by atoms with E-state index in [1.807, 2.05) is 27.7 Å². The first kappa shape index (κ1) is 19.7. The second-order valence-electron chi connectivity index (χ2n) is 5.31. The Morgan fingerprint density at radius 1 is 1.29 bits per heavy atom. The second-order valence-corrected chi connectivity index (χ2v) is 5.31. The number of carbonyl (C=O) groups excluding carboxylic acids is 1. The van der Waals surface area contributed by atoms with Crippen molar-refractivity contribution in [2.45, 2.75) is 40.2 Å². The van der Waals surface area contributed by atoms with Gasteiger partial charge in [0.2, 0.25) is 0 Å². The fourth-order valence-electron chi connectivity index (χ4n) is 1.25. The van der Waals surface area contributed by atoms with E-state index in [0.717, 1.165) is 6.42 Å². The van der Waals surface area contributed by atoms with Crippen molar-refractivity contribution in [2.24, 2.45) is 5.41 Å². The fraction of sp³-hybridized carbons (Fsp3) is 0.688. The van der Waals surface area contributed by atoms with Crippen molar-refractivity contribution in [3.05, 3.63) is 24.5 Å². The zero-order chi connectivity index (χ0) is 16.3. The van der Waals surface area contributed by atoms with Crippen molar-refractivity contribution in [3.63, 3.8) is 0 Å². The lowest BCUT2D eigenvalue weighted by Gasteiger charge is -2.20. The van der Waals surface area contributed by atoms with Gasteiger partial charge in [0.25, 0.3) is 0 Å². The Morgan fingerprint density at radius 3 is 2.48 bits per heavy atom. The molecule has 0 aliphatic carbocycles. The molecule has 1 atom stereocenters. The molecule has 21 heavy (non-hydrogen) atoms. The summed E-state index contributed by atoms with van der Waals surface area (Å²) in [5.41, 5.74) is -0.471. The average Bonchev–Trinajstić information content (AvgIpc) is 2.47. The van der Waals surface area contributed by atoms with Gasteiger partial charge >= 0.3 is 5.97 Å². The van der Waals surface area contributed by atoms with Gasteiger partial charge in [-0.05, 0) is 39.3 Å². The number of ether oxygens (including phenoxy) is 3. The molecule has 0 radical (unpaired) electrons. The molecule has 0 aliphatic heterocycles. The molecule has 0 saturated carbocycles. The standard InChI is InChI=1S/C16H28O5/c1-6-14(7-2)21-12-13(17)11-19-9-10-20-15(18)16(4,5)8-3/h6-7,13,17H,1,8-12H2,2-5H3. The first-order valence-corrected chi connectivity index (χ1v) is 7.22. The molecule has 0 heterocycles. The topological polar surface area (TPSA) is 65.0 Å². The van der Waals surface area contributed by atoms with Crippen LogP contribution in [0.5, 0.6) is 0 Å². The van der Waals surface area contributed by atoms with E-state index in [1.165, 1.54) is 0 Å². The minimum atomic E-state index is -0.734. The SMILES string of the molecule is C=CC(=CC)OCC(O)COCCOC(=O)C(C)(C)CC. The van der Waals surface area contributed by atoms with Gasteiger partial charge in [0.1, 0.15) is 25.1 Å². The number of hydrogen-bond donors (Lipinski definition) is 1. The summed E-state index contributed by atoms with van der Waals surface area (Å²) >= 11 is 0. The molecule has 5 nitrogen and oxygen atoms in total. The Hall–Kier alpha value is -1.33. The molecule has 0 fully saturated rings. The number of allylic oxidation sites excluding steroid dienone is 2. The Labute approximate surface area is 127 Å². The highest BCUT2D eigenvalue weighted by Gasteiger charge is 2.26. The highest BCUT2D eigenvalue weighted by atomic mass is 16.6. The van der Waals surface area contributed by atoms with Crippen molar-refractivity contribution in [1.82, 2.24) is 0 Å². The molecule has 0 spiro atoms. The van der Waals surface area contributed by atoms with Gasteiger partial charge < -0.3 is 19.3 Å². The summed E-state index contributed by atoms with van der Waals surface area (Å²) < 4.78 is 15.6. The maximum Gasteiger partial charge on any atom is 0.311 e. The van der Waals surface area contributed by atoms with Crippen LogP contribution >= 0.6 is 0 Å². The van der Waals surface area contributed by atoms with Gasteiger partial charge in [-0.2, -0.15) is 0 Å². The maximum absolute atomic E-state index is 11.7. The van der Waals surface area contributed by atoms with Gasteiger partial charge in [-0.3, -0.25) is 4.79 Å². The summed E-state index contributed by atoms with van der Waals surface area (Å²) in [6.07, 6.45) is 3.32. The van der Waals surface area contributed by atoms with E-state index < -0.39 is 11.5 Å². The van der Waals surface area contributed by atoms with Gasteiger partial charge in [0.05, 0.1) is 18.6 Å². The Bertz CT molecular complexity index is 347. The zero-order valence-corrected chi connectivity index (χ0v) is 13.6. The zero-order valence-electron chi connectivity index (χ0n) is 13.6. The van der Waals surface area contributed by atoms with Crippen LogP contribution in [0.3, 0.4) is 0 Å². The lowest BCUT2D eigenvalue weighted by Crippen LogP contribution is -2.28. The largest absolute Gasteiger partial charge is 0.491 e. The van der Waals surface area contributed by atoms with Gasteiger partial charge in [0.15, 0.2) is 0 Å².